The van der Waals surface area contributed by atoms with Crippen LogP contribution in [0.4, 0.5) is 0 Å². The van der Waals surface area contributed by atoms with Gasteiger partial charge >= 0.3 is 0 Å². The maximum Gasteiger partial charge on any atom is 0.253 e. The van der Waals surface area contributed by atoms with Crippen LogP contribution in [0.5, 0.6) is 0 Å². The molecule has 0 spiro atoms. The van der Waals surface area contributed by atoms with Crippen LogP contribution in [0.25, 0.3) is 0 Å². The van der Waals surface area contributed by atoms with E-state index in [0.717, 1.165) is 17.3 Å². The molecule has 0 heterocycles. The molecule has 2 N–H and O–H groups in total. The minimum atomic E-state index is -0.409. The Hall–Kier alpha value is -0.580. The first-order valence-corrected chi connectivity index (χ1v) is 6.12. The maximum absolute atomic E-state index is 11.9. The van der Waals surface area contributed by atoms with Gasteiger partial charge in [-0.05, 0) is 31.0 Å². The number of rotatable bonds is 3. The summed E-state index contributed by atoms with van der Waals surface area (Å²) in [5.74, 6) is -0.232. The van der Waals surface area contributed by atoms with Crippen LogP contribution >= 0.6 is 27.5 Å². The fraction of sp³-hybridized carbons (Fsp3) is 0.364. The van der Waals surface area contributed by atoms with Crippen molar-refractivity contribution in [2.75, 3.05) is 6.61 Å². The first-order valence-electron chi connectivity index (χ1n) is 4.95. The van der Waals surface area contributed by atoms with Crippen molar-refractivity contribution >= 4 is 33.4 Å². The average molecular weight is 305 g/mol. The highest BCUT2D eigenvalue weighted by atomic mass is 79.9. The third kappa shape index (κ3) is 2.39. The SMILES string of the molecule is O=C(NC1(CO)CC1)c1ccc(Br)cc1Cl. The van der Waals surface area contributed by atoms with Crippen LogP contribution in [0.3, 0.4) is 0 Å². The van der Waals surface area contributed by atoms with E-state index in [1.165, 1.54) is 0 Å². The van der Waals surface area contributed by atoms with Crippen molar-refractivity contribution in [3.8, 4) is 0 Å². The van der Waals surface area contributed by atoms with Crippen molar-refractivity contribution in [3.05, 3.63) is 33.3 Å². The molecule has 5 heteroatoms. The summed E-state index contributed by atoms with van der Waals surface area (Å²) < 4.78 is 0.831. The van der Waals surface area contributed by atoms with Crippen molar-refractivity contribution < 1.29 is 9.90 Å². The fourth-order valence-electron chi connectivity index (χ4n) is 1.46. The number of carbonyl (C=O) groups is 1. The predicted octanol–water partition coefficient (Wildman–Crippen LogP) is 2.36. The molecular formula is C11H11BrClNO2. The number of aliphatic hydroxyl groups excluding tert-OH is 1. The lowest BCUT2D eigenvalue weighted by Crippen LogP contribution is -2.39. The molecule has 2 rings (SSSR count). The summed E-state index contributed by atoms with van der Waals surface area (Å²) in [6.07, 6.45) is 1.65. The lowest BCUT2D eigenvalue weighted by molar-refractivity contribution is 0.0907. The zero-order valence-electron chi connectivity index (χ0n) is 8.46. The largest absolute Gasteiger partial charge is 0.394 e. The van der Waals surface area contributed by atoms with E-state index in [9.17, 15) is 4.79 Å². The molecule has 0 bridgehead atoms. The Morgan fingerprint density at radius 3 is 2.75 bits per heavy atom. The number of hydrogen-bond donors (Lipinski definition) is 2. The van der Waals surface area contributed by atoms with E-state index >= 15 is 0 Å². The average Bonchev–Trinajstić information content (AvgIpc) is 2.98. The quantitative estimate of drug-likeness (QED) is 0.900. The molecular weight excluding hydrogens is 293 g/mol. The van der Waals surface area contributed by atoms with Crippen molar-refractivity contribution in [3.63, 3.8) is 0 Å². The first kappa shape index (κ1) is 11.9. The molecule has 1 aromatic rings. The van der Waals surface area contributed by atoms with Crippen LogP contribution in [-0.4, -0.2) is 23.2 Å². The van der Waals surface area contributed by atoms with Gasteiger partial charge in [0.25, 0.3) is 5.91 Å². The van der Waals surface area contributed by atoms with E-state index in [1.54, 1.807) is 18.2 Å². The molecule has 0 saturated heterocycles. The molecule has 86 valence electrons. The Kier molecular flexibility index (Phi) is 3.24. The molecule has 1 amide bonds. The smallest absolute Gasteiger partial charge is 0.253 e. The van der Waals surface area contributed by atoms with E-state index < -0.39 is 5.54 Å². The van der Waals surface area contributed by atoms with Crippen molar-refractivity contribution in [1.82, 2.24) is 5.32 Å². The van der Waals surface area contributed by atoms with E-state index in [4.69, 9.17) is 16.7 Å². The Morgan fingerprint density at radius 1 is 1.56 bits per heavy atom. The summed E-state index contributed by atoms with van der Waals surface area (Å²) in [5, 5.41) is 12.3. The van der Waals surface area contributed by atoms with Gasteiger partial charge in [-0.2, -0.15) is 0 Å². The van der Waals surface area contributed by atoms with Gasteiger partial charge in [-0.15, -0.1) is 0 Å². The van der Waals surface area contributed by atoms with Gasteiger partial charge in [0.1, 0.15) is 0 Å². The second kappa shape index (κ2) is 4.35. The number of hydrogen-bond acceptors (Lipinski definition) is 2. The van der Waals surface area contributed by atoms with Crippen molar-refractivity contribution in [1.29, 1.82) is 0 Å². The summed E-state index contributed by atoms with van der Waals surface area (Å²) in [7, 11) is 0. The molecule has 0 atom stereocenters. The molecule has 1 aromatic carbocycles. The lowest BCUT2D eigenvalue weighted by Gasteiger charge is -2.14. The molecule has 1 aliphatic rings. The highest BCUT2D eigenvalue weighted by Crippen LogP contribution is 2.35. The minimum absolute atomic E-state index is 0.0209. The van der Waals surface area contributed by atoms with Gasteiger partial charge in [0, 0.05) is 4.47 Å². The Labute approximate surface area is 107 Å². The van der Waals surface area contributed by atoms with Gasteiger partial charge in [-0.25, -0.2) is 0 Å². The molecule has 0 aliphatic heterocycles. The van der Waals surface area contributed by atoms with E-state index in [0.29, 0.717) is 10.6 Å². The summed E-state index contributed by atoms with van der Waals surface area (Å²) in [6.45, 7) is -0.0209. The zero-order chi connectivity index (χ0) is 11.8. The second-order valence-corrected chi connectivity index (χ2v) is 5.34. The topological polar surface area (TPSA) is 49.3 Å². The van der Waals surface area contributed by atoms with Crippen LogP contribution < -0.4 is 5.32 Å². The molecule has 1 saturated carbocycles. The van der Waals surface area contributed by atoms with Crippen LogP contribution in [0.15, 0.2) is 22.7 Å². The normalized spacial score (nSPS) is 16.9. The number of nitrogens with one attached hydrogen (secondary N) is 1. The van der Waals surface area contributed by atoms with Crippen LogP contribution in [-0.2, 0) is 0 Å². The Morgan fingerprint density at radius 2 is 2.25 bits per heavy atom. The van der Waals surface area contributed by atoms with Gasteiger partial charge in [-0.3, -0.25) is 4.79 Å². The summed E-state index contributed by atoms with van der Waals surface area (Å²) in [5.41, 5.74) is 0.0256. The van der Waals surface area contributed by atoms with Crippen LogP contribution in [0.2, 0.25) is 5.02 Å². The highest BCUT2D eigenvalue weighted by Gasteiger charge is 2.43. The zero-order valence-corrected chi connectivity index (χ0v) is 10.8. The maximum atomic E-state index is 11.9. The van der Waals surface area contributed by atoms with E-state index in [2.05, 4.69) is 21.2 Å². The van der Waals surface area contributed by atoms with Gasteiger partial charge in [0.15, 0.2) is 0 Å². The minimum Gasteiger partial charge on any atom is -0.394 e. The number of aliphatic hydroxyl groups is 1. The van der Waals surface area contributed by atoms with E-state index in [1.807, 2.05) is 0 Å². The standard InChI is InChI=1S/C11H11BrClNO2/c12-7-1-2-8(9(13)5-7)10(16)14-11(6-15)3-4-11/h1-2,5,15H,3-4,6H2,(H,14,16). The number of amides is 1. The molecule has 0 radical (unpaired) electrons. The first-order chi connectivity index (χ1) is 7.56. The monoisotopic (exact) mass is 303 g/mol. The fourth-order valence-corrected chi connectivity index (χ4v) is 2.21. The van der Waals surface area contributed by atoms with Gasteiger partial charge < -0.3 is 10.4 Å². The van der Waals surface area contributed by atoms with Crippen molar-refractivity contribution in [2.45, 2.75) is 18.4 Å². The van der Waals surface area contributed by atoms with E-state index in [-0.39, 0.29) is 12.5 Å². The van der Waals surface area contributed by atoms with Crippen LogP contribution in [0, 0.1) is 0 Å². The van der Waals surface area contributed by atoms with Gasteiger partial charge in [-0.1, -0.05) is 27.5 Å². The lowest BCUT2D eigenvalue weighted by atomic mass is 10.2. The van der Waals surface area contributed by atoms with Crippen molar-refractivity contribution in [2.24, 2.45) is 0 Å². The summed E-state index contributed by atoms with van der Waals surface area (Å²) in [6, 6.07) is 5.10. The molecule has 1 aliphatic carbocycles. The summed E-state index contributed by atoms with van der Waals surface area (Å²) >= 11 is 9.24. The molecule has 3 nitrogen and oxygen atoms in total. The van der Waals surface area contributed by atoms with Crippen LogP contribution in [0.1, 0.15) is 23.2 Å². The number of halogens is 2. The number of carbonyl (C=O) groups excluding carboxylic acids is 1. The highest BCUT2D eigenvalue weighted by molar-refractivity contribution is 9.10. The van der Waals surface area contributed by atoms with Gasteiger partial charge in [0.2, 0.25) is 0 Å². The summed E-state index contributed by atoms with van der Waals surface area (Å²) in [4.78, 5) is 11.9. The third-order valence-electron chi connectivity index (χ3n) is 2.71. The Bertz CT molecular complexity index is 432. The molecule has 1 fully saturated rings. The molecule has 0 aromatic heterocycles. The number of benzene rings is 1. The molecule has 16 heavy (non-hydrogen) atoms. The van der Waals surface area contributed by atoms with Gasteiger partial charge in [0.05, 0.1) is 22.7 Å². The third-order valence-corrected chi connectivity index (χ3v) is 3.52. The second-order valence-electron chi connectivity index (χ2n) is 4.02. The molecule has 0 unspecified atom stereocenters. The predicted molar refractivity (Wildman–Crippen MR) is 65.7 cm³/mol. The Balaban J connectivity index is 2.15.